The summed E-state index contributed by atoms with van der Waals surface area (Å²) in [6.45, 7) is 0. The lowest BCUT2D eigenvalue weighted by Crippen LogP contribution is -2.32. The Hall–Kier alpha value is -6.36. The van der Waals surface area contributed by atoms with Gasteiger partial charge >= 0.3 is 0 Å². The monoisotopic (exact) mass is 668 g/mol. The molecule has 1 aliphatic carbocycles. The van der Waals surface area contributed by atoms with E-state index in [4.69, 9.17) is 14.7 Å². The molecule has 7 aromatic carbocycles. The second-order valence-electron chi connectivity index (χ2n) is 13.3. The molecular formula is C47H28N2OS. The molecule has 238 valence electrons. The Morgan fingerprint density at radius 3 is 1.78 bits per heavy atom. The number of aromatic nitrogens is 2. The van der Waals surface area contributed by atoms with Crippen LogP contribution in [-0.4, -0.2) is 9.97 Å². The first-order chi connectivity index (χ1) is 25.3. The van der Waals surface area contributed by atoms with Crippen LogP contribution < -0.4 is 4.74 Å². The summed E-state index contributed by atoms with van der Waals surface area (Å²) in [6, 6.07) is 60.4. The van der Waals surface area contributed by atoms with Crippen LogP contribution in [0.1, 0.15) is 22.3 Å². The Morgan fingerprint density at radius 2 is 1.04 bits per heavy atom. The first-order valence-electron chi connectivity index (χ1n) is 17.2. The smallest absolute Gasteiger partial charge is 0.160 e. The minimum Gasteiger partial charge on any atom is -0.457 e. The lowest BCUT2D eigenvalue weighted by Gasteiger charge is -2.39. The zero-order valence-corrected chi connectivity index (χ0v) is 28.2. The molecule has 0 unspecified atom stereocenters. The van der Waals surface area contributed by atoms with Gasteiger partial charge in [-0.15, -0.1) is 11.3 Å². The summed E-state index contributed by atoms with van der Waals surface area (Å²) in [6.07, 6.45) is 0. The highest BCUT2D eigenvalue weighted by Gasteiger charge is 2.51. The van der Waals surface area contributed by atoms with E-state index in [0.29, 0.717) is 0 Å². The Balaban J connectivity index is 1.19. The highest BCUT2D eigenvalue weighted by atomic mass is 32.1. The predicted octanol–water partition coefficient (Wildman–Crippen LogP) is 12.3. The van der Waals surface area contributed by atoms with E-state index in [2.05, 4.69) is 146 Å². The molecule has 0 radical (unpaired) electrons. The standard InChI is InChI=1S/C47H28N2OS/c1-3-14-29(15-4-1)40-28-41(49-46(48-40)30-16-5-2-6-17-30)33-20-13-19-32-35-26-39-34(27-44(35)51-45(32)33)31-18-7-8-21-36(31)47(39)37-22-9-11-24-42(37)50-43-25-12-10-23-38(43)47/h1-28H. The summed E-state index contributed by atoms with van der Waals surface area (Å²) in [5, 5.41) is 2.49. The molecule has 2 aromatic heterocycles. The highest BCUT2D eigenvalue weighted by molar-refractivity contribution is 7.26. The molecule has 0 N–H and O–H groups in total. The van der Waals surface area contributed by atoms with Crippen molar-refractivity contribution in [2.45, 2.75) is 5.41 Å². The van der Waals surface area contributed by atoms with Crippen LogP contribution in [0.3, 0.4) is 0 Å². The van der Waals surface area contributed by atoms with E-state index in [9.17, 15) is 0 Å². The van der Waals surface area contributed by atoms with E-state index >= 15 is 0 Å². The van der Waals surface area contributed by atoms with Gasteiger partial charge in [-0.05, 0) is 52.6 Å². The number of nitrogens with zero attached hydrogens (tertiary/aromatic N) is 2. The van der Waals surface area contributed by atoms with Gasteiger partial charge in [0.2, 0.25) is 0 Å². The number of fused-ring (bicyclic) bond motifs is 12. The van der Waals surface area contributed by atoms with Crippen molar-refractivity contribution in [2.75, 3.05) is 0 Å². The van der Waals surface area contributed by atoms with Crippen molar-refractivity contribution in [1.82, 2.24) is 9.97 Å². The predicted molar refractivity (Wildman–Crippen MR) is 209 cm³/mol. The molecule has 0 amide bonds. The van der Waals surface area contributed by atoms with E-state index in [0.717, 1.165) is 45.4 Å². The normalized spacial score (nSPS) is 13.4. The van der Waals surface area contributed by atoms with Gasteiger partial charge in [0.15, 0.2) is 5.82 Å². The second-order valence-corrected chi connectivity index (χ2v) is 14.3. The molecular weight excluding hydrogens is 641 g/mol. The van der Waals surface area contributed by atoms with Gasteiger partial charge in [0.05, 0.1) is 16.8 Å². The third-order valence-corrected chi connectivity index (χ3v) is 11.8. The number of rotatable bonds is 3. The lowest BCUT2D eigenvalue weighted by atomic mass is 9.66. The summed E-state index contributed by atoms with van der Waals surface area (Å²) < 4.78 is 9.06. The van der Waals surface area contributed by atoms with Crippen molar-refractivity contribution in [3.8, 4) is 56.5 Å². The van der Waals surface area contributed by atoms with Crippen LogP contribution in [0, 0.1) is 0 Å². The number of para-hydroxylation sites is 2. The maximum Gasteiger partial charge on any atom is 0.160 e. The zero-order chi connectivity index (χ0) is 33.5. The molecule has 3 nitrogen and oxygen atoms in total. The molecule has 0 fully saturated rings. The molecule has 4 heteroatoms. The Bertz CT molecular complexity index is 2740. The summed E-state index contributed by atoms with van der Waals surface area (Å²) in [5.74, 6) is 2.53. The average molecular weight is 669 g/mol. The maximum atomic E-state index is 6.57. The molecule has 0 bridgehead atoms. The number of hydrogen-bond acceptors (Lipinski definition) is 4. The van der Waals surface area contributed by atoms with Gasteiger partial charge in [0.25, 0.3) is 0 Å². The number of ether oxygens (including phenoxy) is 1. The number of thiophene rings is 1. The molecule has 9 aromatic rings. The molecule has 11 rings (SSSR count). The van der Waals surface area contributed by atoms with Crippen LogP contribution in [0.4, 0.5) is 0 Å². The Kier molecular flexibility index (Phi) is 6.04. The second kappa shape index (κ2) is 10.8. The van der Waals surface area contributed by atoms with Gasteiger partial charge in [0.1, 0.15) is 11.5 Å². The number of hydrogen-bond donors (Lipinski definition) is 0. The molecule has 0 saturated carbocycles. The van der Waals surface area contributed by atoms with Crippen LogP contribution in [-0.2, 0) is 5.41 Å². The van der Waals surface area contributed by atoms with Gasteiger partial charge in [-0.25, -0.2) is 9.97 Å². The summed E-state index contributed by atoms with van der Waals surface area (Å²) in [5.41, 5.74) is 12.0. The fourth-order valence-corrected chi connectivity index (χ4v) is 9.65. The molecule has 0 atom stereocenters. The molecule has 0 saturated heterocycles. The first kappa shape index (κ1) is 28.5. The van der Waals surface area contributed by atoms with Gasteiger partial charge in [-0.3, -0.25) is 0 Å². The van der Waals surface area contributed by atoms with E-state index in [1.165, 1.54) is 53.6 Å². The van der Waals surface area contributed by atoms with Crippen LogP contribution in [0.25, 0.3) is 65.2 Å². The third kappa shape index (κ3) is 4.05. The van der Waals surface area contributed by atoms with Gasteiger partial charge in [0, 0.05) is 48.0 Å². The largest absolute Gasteiger partial charge is 0.457 e. The zero-order valence-electron chi connectivity index (χ0n) is 27.4. The summed E-state index contributed by atoms with van der Waals surface area (Å²) in [4.78, 5) is 10.3. The van der Waals surface area contributed by atoms with Crippen molar-refractivity contribution in [1.29, 1.82) is 0 Å². The fourth-order valence-electron chi connectivity index (χ4n) is 8.40. The van der Waals surface area contributed by atoms with Crippen molar-refractivity contribution >= 4 is 31.5 Å². The average Bonchev–Trinajstić information content (AvgIpc) is 3.71. The van der Waals surface area contributed by atoms with Crippen molar-refractivity contribution < 1.29 is 4.74 Å². The molecule has 3 heterocycles. The topological polar surface area (TPSA) is 35.0 Å². The minimum absolute atomic E-state index is 0.501. The minimum atomic E-state index is -0.501. The first-order valence-corrected chi connectivity index (χ1v) is 18.1. The molecule has 51 heavy (non-hydrogen) atoms. The van der Waals surface area contributed by atoms with E-state index < -0.39 is 5.41 Å². The highest BCUT2D eigenvalue weighted by Crippen LogP contribution is 2.63. The molecule has 1 aliphatic heterocycles. The number of benzene rings is 7. The van der Waals surface area contributed by atoms with Gasteiger partial charge < -0.3 is 4.74 Å². The van der Waals surface area contributed by atoms with E-state index in [1.54, 1.807) is 0 Å². The quantitative estimate of drug-likeness (QED) is 0.188. The summed E-state index contributed by atoms with van der Waals surface area (Å²) >= 11 is 1.85. The maximum absolute atomic E-state index is 6.57. The third-order valence-electron chi connectivity index (χ3n) is 10.6. The van der Waals surface area contributed by atoms with Crippen molar-refractivity contribution in [2.24, 2.45) is 0 Å². The van der Waals surface area contributed by atoms with Crippen molar-refractivity contribution in [3.63, 3.8) is 0 Å². The van der Waals surface area contributed by atoms with E-state index in [1.807, 2.05) is 35.6 Å². The Labute approximate surface area is 299 Å². The van der Waals surface area contributed by atoms with Crippen LogP contribution in [0.2, 0.25) is 0 Å². The molecule has 2 aliphatic rings. The summed E-state index contributed by atoms with van der Waals surface area (Å²) in [7, 11) is 0. The fraction of sp³-hybridized carbons (Fsp3) is 0.0213. The SMILES string of the molecule is c1ccc(-c2cc(-c3cccc4c3sc3cc5c(cc34)C3(c4ccccc4Oc4ccccc43)c3ccccc3-5)nc(-c3ccccc3)n2)cc1. The molecule has 1 spiro atoms. The van der Waals surface area contributed by atoms with E-state index in [-0.39, 0.29) is 0 Å². The van der Waals surface area contributed by atoms with Crippen LogP contribution >= 0.6 is 11.3 Å². The lowest BCUT2D eigenvalue weighted by molar-refractivity contribution is 0.436. The van der Waals surface area contributed by atoms with Crippen LogP contribution in [0.15, 0.2) is 170 Å². The van der Waals surface area contributed by atoms with Gasteiger partial charge in [-0.1, -0.05) is 140 Å². The Morgan fingerprint density at radius 1 is 0.431 bits per heavy atom. The van der Waals surface area contributed by atoms with Gasteiger partial charge in [-0.2, -0.15) is 0 Å². The van der Waals surface area contributed by atoms with Crippen molar-refractivity contribution in [3.05, 3.63) is 192 Å². The van der Waals surface area contributed by atoms with Crippen LogP contribution in [0.5, 0.6) is 11.5 Å².